The van der Waals surface area contributed by atoms with E-state index in [9.17, 15) is 0 Å². The van der Waals surface area contributed by atoms with Gasteiger partial charge in [-0.1, -0.05) is 30.7 Å². The summed E-state index contributed by atoms with van der Waals surface area (Å²) in [6, 6.07) is 7.77. The Morgan fingerprint density at radius 1 is 1.47 bits per heavy atom. The van der Waals surface area contributed by atoms with Gasteiger partial charge >= 0.3 is 0 Å². The van der Waals surface area contributed by atoms with E-state index in [0.717, 1.165) is 23.7 Å². The van der Waals surface area contributed by atoms with Gasteiger partial charge in [0.15, 0.2) is 0 Å². The van der Waals surface area contributed by atoms with Gasteiger partial charge in [-0.15, -0.1) is 0 Å². The van der Waals surface area contributed by atoms with Crippen molar-refractivity contribution in [3.8, 4) is 0 Å². The minimum Gasteiger partial charge on any atom is -0.376 e. The van der Waals surface area contributed by atoms with Crippen LogP contribution in [0.5, 0.6) is 0 Å². The highest BCUT2D eigenvalue weighted by Crippen LogP contribution is 2.11. The third kappa shape index (κ3) is 5.17. The van der Waals surface area contributed by atoms with Crippen molar-refractivity contribution in [2.24, 2.45) is 5.92 Å². The van der Waals surface area contributed by atoms with Crippen molar-refractivity contribution >= 4 is 11.6 Å². The van der Waals surface area contributed by atoms with Gasteiger partial charge < -0.3 is 10.1 Å². The Balaban J connectivity index is 2.25. The first-order chi connectivity index (χ1) is 7.22. The van der Waals surface area contributed by atoms with Gasteiger partial charge in [-0.05, 0) is 37.2 Å². The van der Waals surface area contributed by atoms with E-state index in [2.05, 4.69) is 12.2 Å². The van der Waals surface area contributed by atoms with Crippen molar-refractivity contribution in [1.82, 2.24) is 5.32 Å². The lowest BCUT2D eigenvalue weighted by Crippen LogP contribution is -2.20. The molecule has 0 aromatic heterocycles. The van der Waals surface area contributed by atoms with Gasteiger partial charge in [0.05, 0.1) is 13.2 Å². The maximum absolute atomic E-state index is 5.87. The first-order valence-electron chi connectivity index (χ1n) is 5.19. The number of ether oxygens (including phenoxy) is 1. The van der Waals surface area contributed by atoms with E-state index in [1.165, 1.54) is 0 Å². The molecule has 1 atom stereocenters. The summed E-state index contributed by atoms with van der Waals surface area (Å²) in [6.45, 7) is 4.55. The molecule has 0 fully saturated rings. The van der Waals surface area contributed by atoms with Crippen LogP contribution in [0.15, 0.2) is 24.3 Å². The first-order valence-corrected chi connectivity index (χ1v) is 5.57. The van der Waals surface area contributed by atoms with Crippen LogP contribution in [0.2, 0.25) is 5.02 Å². The molecule has 15 heavy (non-hydrogen) atoms. The first kappa shape index (κ1) is 12.5. The topological polar surface area (TPSA) is 21.3 Å². The minimum atomic E-state index is 0.536. The standard InChI is InChI=1S/C12H18ClNO/c1-10(7-14-2)8-15-9-11-4-3-5-12(13)6-11/h3-6,10,14H,7-9H2,1-2H3. The van der Waals surface area contributed by atoms with Gasteiger partial charge in [-0.25, -0.2) is 0 Å². The zero-order chi connectivity index (χ0) is 11.1. The van der Waals surface area contributed by atoms with Gasteiger partial charge in [0.2, 0.25) is 0 Å². The molecule has 1 aromatic carbocycles. The van der Waals surface area contributed by atoms with E-state index in [-0.39, 0.29) is 0 Å². The Labute approximate surface area is 96.6 Å². The number of nitrogens with one attached hydrogen (secondary N) is 1. The lowest BCUT2D eigenvalue weighted by molar-refractivity contribution is 0.0924. The van der Waals surface area contributed by atoms with Crippen LogP contribution in [-0.2, 0) is 11.3 Å². The number of halogens is 1. The Hall–Kier alpha value is -0.570. The molecule has 1 rings (SSSR count). The lowest BCUT2D eigenvalue weighted by Gasteiger charge is -2.11. The summed E-state index contributed by atoms with van der Waals surface area (Å²) in [4.78, 5) is 0. The lowest BCUT2D eigenvalue weighted by atomic mass is 10.2. The molecule has 0 heterocycles. The van der Waals surface area contributed by atoms with Crippen LogP contribution in [-0.4, -0.2) is 20.2 Å². The largest absolute Gasteiger partial charge is 0.376 e. The normalized spacial score (nSPS) is 12.7. The molecular formula is C12H18ClNO. The third-order valence-corrected chi connectivity index (χ3v) is 2.35. The van der Waals surface area contributed by atoms with Crippen molar-refractivity contribution < 1.29 is 4.74 Å². The number of hydrogen-bond donors (Lipinski definition) is 1. The van der Waals surface area contributed by atoms with Gasteiger partial charge in [0, 0.05) is 5.02 Å². The second-order valence-electron chi connectivity index (χ2n) is 3.81. The summed E-state index contributed by atoms with van der Waals surface area (Å²) in [7, 11) is 1.95. The van der Waals surface area contributed by atoms with Crippen LogP contribution in [0.3, 0.4) is 0 Å². The molecule has 2 nitrogen and oxygen atoms in total. The molecule has 1 N–H and O–H groups in total. The highest BCUT2D eigenvalue weighted by atomic mass is 35.5. The van der Waals surface area contributed by atoms with E-state index in [4.69, 9.17) is 16.3 Å². The third-order valence-electron chi connectivity index (χ3n) is 2.11. The van der Waals surface area contributed by atoms with Crippen molar-refractivity contribution in [3.63, 3.8) is 0 Å². The van der Waals surface area contributed by atoms with Crippen LogP contribution in [0.4, 0.5) is 0 Å². The van der Waals surface area contributed by atoms with Crippen LogP contribution in [0, 0.1) is 5.92 Å². The Morgan fingerprint density at radius 3 is 2.93 bits per heavy atom. The smallest absolute Gasteiger partial charge is 0.0717 e. The van der Waals surface area contributed by atoms with Gasteiger partial charge in [-0.3, -0.25) is 0 Å². The average molecular weight is 228 g/mol. The number of rotatable bonds is 6. The molecule has 0 spiro atoms. The van der Waals surface area contributed by atoms with Gasteiger partial charge in [0.25, 0.3) is 0 Å². The van der Waals surface area contributed by atoms with Gasteiger partial charge in [-0.2, -0.15) is 0 Å². The van der Waals surface area contributed by atoms with Crippen molar-refractivity contribution in [3.05, 3.63) is 34.9 Å². The predicted molar refractivity (Wildman–Crippen MR) is 64.2 cm³/mol. The second-order valence-corrected chi connectivity index (χ2v) is 4.24. The Kier molecular flexibility index (Phi) is 5.69. The molecule has 0 bridgehead atoms. The maximum atomic E-state index is 5.87. The van der Waals surface area contributed by atoms with E-state index in [1.807, 2.05) is 31.3 Å². The highest BCUT2D eigenvalue weighted by Gasteiger charge is 2.00. The van der Waals surface area contributed by atoms with Crippen LogP contribution in [0.25, 0.3) is 0 Å². The molecule has 0 saturated carbocycles. The fraction of sp³-hybridized carbons (Fsp3) is 0.500. The molecule has 0 saturated heterocycles. The Bertz CT molecular complexity index is 291. The molecule has 1 aromatic rings. The SMILES string of the molecule is CNCC(C)COCc1cccc(Cl)c1. The Morgan fingerprint density at radius 2 is 2.27 bits per heavy atom. The number of benzene rings is 1. The summed E-state index contributed by atoms with van der Waals surface area (Å²) in [5.41, 5.74) is 1.12. The van der Waals surface area contributed by atoms with E-state index in [0.29, 0.717) is 12.5 Å². The van der Waals surface area contributed by atoms with Crippen LogP contribution < -0.4 is 5.32 Å². The van der Waals surface area contributed by atoms with Crippen molar-refractivity contribution in [1.29, 1.82) is 0 Å². The summed E-state index contributed by atoms with van der Waals surface area (Å²) in [6.07, 6.45) is 0. The monoisotopic (exact) mass is 227 g/mol. The van der Waals surface area contributed by atoms with E-state index in [1.54, 1.807) is 0 Å². The van der Waals surface area contributed by atoms with Crippen LogP contribution in [0.1, 0.15) is 12.5 Å². The van der Waals surface area contributed by atoms with Crippen molar-refractivity contribution in [2.45, 2.75) is 13.5 Å². The summed E-state index contributed by atoms with van der Waals surface area (Å²) in [5.74, 6) is 0.536. The molecule has 1 unspecified atom stereocenters. The maximum Gasteiger partial charge on any atom is 0.0717 e. The quantitative estimate of drug-likeness (QED) is 0.807. The van der Waals surface area contributed by atoms with E-state index >= 15 is 0 Å². The summed E-state index contributed by atoms with van der Waals surface area (Å²) in [5, 5.41) is 3.89. The molecule has 84 valence electrons. The highest BCUT2D eigenvalue weighted by molar-refractivity contribution is 6.30. The van der Waals surface area contributed by atoms with Gasteiger partial charge in [0.1, 0.15) is 0 Å². The molecule has 0 aliphatic rings. The molecule has 0 aliphatic heterocycles. The molecule has 0 aliphatic carbocycles. The van der Waals surface area contributed by atoms with Crippen LogP contribution >= 0.6 is 11.6 Å². The zero-order valence-corrected chi connectivity index (χ0v) is 10.1. The second kappa shape index (κ2) is 6.83. The number of hydrogen-bond acceptors (Lipinski definition) is 2. The minimum absolute atomic E-state index is 0.536. The molecule has 0 radical (unpaired) electrons. The molecule has 3 heteroatoms. The fourth-order valence-corrected chi connectivity index (χ4v) is 1.62. The molecular weight excluding hydrogens is 210 g/mol. The fourth-order valence-electron chi connectivity index (χ4n) is 1.41. The summed E-state index contributed by atoms with van der Waals surface area (Å²) < 4.78 is 5.59. The predicted octanol–water partition coefficient (Wildman–Crippen LogP) is 2.71. The molecule has 0 amide bonds. The van der Waals surface area contributed by atoms with Crippen molar-refractivity contribution in [2.75, 3.05) is 20.2 Å². The average Bonchev–Trinajstić information content (AvgIpc) is 2.18. The summed E-state index contributed by atoms with van der Waals surface area (Å²) >= 11 is 5.87. The zero-order valence-electron chi connectivity index (χ0n) is 9.29. The van der Waals surface area contributed by atoms with E-state index < -0.39 is 0 Å².